The number of H-pyrrole nitrogens is 1. The van der Waals surface area contributed by atoms with Gasteiger partial charge in [-0.2, -0.15) is 0 Å². The maximum absolute atomic E-state index is 11.8. The predicted octanol–water partition coefficient (Wildman–Crippen LogP) is 3.03. The van der Waals surface area contributed by atoms with E-state index in [1.807, 2.05) is 12.1 Å². The molecule has 1 aromatic heterocycles. The molecule has 0 radical (unpaired) electrons. The smallest absolute Gasteiger partial charge is 0.258 e. The molecular weight excluding hydrogens is 268 g/mol. The van der Waals surface area contributed by atoms with Crippen molar-refractivity contribution in [2.45, 2.75) is 26.2 Å². The van der Waals surface area contributed by atoms with Gasteiger partial charge in [-0.25, -0.2) is 4.98 Å². The lowest BCUT2D eigenvalue weighted by Crippen LogP contribution is -2.11. The van der Waals surface area contributed by atoms with Crippen LogP contribution >= 0.6 is 15.9 Å². The first-order chi connectivity index (χ1) is 7.70. The quantitative estimate of drug-likeness (QED) is 0.939. The molecule has 0 atom stereocenters. The van der Waals surface area contributed by atoms with Crippen molar-refractivity contribution in [3.05, 3.63) is 38.9 Å². The van der Waals surface area contributed by atoms with E-state index in [1.165, 1.54) is 0 Å². The first-order valence-electron chi connectivity index (χ1n) is 5.39. The molecule has 1 N–H and O–H groups in total. The molecule has 3 nitrogen and oxygen atoms in total. The van der Waals surface area contributed by atoms with Crippen LogP contribution in [0.15, 0.2) is 27.5 Å². The van der Waals surface area contributed by atoms with Crippen LogP contribution in [0.5, 0.6) is 0 Å². The van der Waals surface area contributed by atoms with Gasteiger partial charge in [-0.1, -0.05) is 29.3 Å². The lowest BCUT2D eigenvalue weighted by molar-refractivity contribution is 0.753. The highest BCUT2D eigenvalue weighted by Crippen LogP contribution is 2.15. The highest BCUT2D eigenvalue weighted by Gasteiger charge is 2.03. The van der Waals surface area contributed by atoms with Gasteiger partial charge in [-0.15, -0.1) is 0 Å². The fraction of sp³-hybridized carbons (Fsp3) is 0.333. The maximum Gasteiger partial charge on any atom is 0.258 e. The Hall–Kier alpha value is -1.16. The minimum Gasteiger partial charge on any atom is -0.310 e. The number of unbranched alkanes of at least 4 members (excludes halogenated alkanes) is 1. The molecule has 84 valence electrons. The number of nitrogens with one attached hydrogen (secondary N) is 1. The molecule has 0 amide bonds. The molecule has 0 aliphatic carbocycles. The third kappa shape index (κ3) is 2.32. The van der Waals surface area contributed by atoms with Crippen LogP contribution in [0.4, 0.5) is 0 Å². The Balaban J connectivity index is 2.52. The van der Waals surface area contributed by atoms with Crippen LogP contribution in [0, 0.1) is 0 Å². The highest BCUT2D eigenvalue weighted by atomic mass is 79.9. The van der Waals surface area contributed by atoms with Gasteiger partial charge in [0.1, 0.15) is 5.82 Å². The summed E-state index contributed by atoms with van der Waals surface area (Å²) in [5.41, 5.74) is 0.702. The topological polar surface area (TPSA) is 45.8 Å². The van der Waals surface area contributed by atoms with Gasteiger partial charge >= 0.3 is 0 Å². The zero-order chi connectivity index (χ0) is 11.5. The Labute approximate surface area is 102 Å². The van der Waals surface area contributed by atoms with Crippen molar-refractivity contribution in [3.8, 4) is 0 Å². The van der Waals surface area contributed by atoms with Crippen LogP contribution in [-0.4, -0.2) is 9.97 Å². The molecule has 0 unspecified atom stereocenters. The van der Waals surface area contributed by atoms with Crippen molar-refractivity contribution in [2.24, 2.45) is 0 Å². The zero-order valence-electron chi connectivity index (χ0n) is 9.09. The number of hydrogen-bond acceptors (Lipinski definition) is 2. The highest BCUT2D eigenvalue weighted by molar-refractivity contribution is 9.10. The molecule has 0 aliphatic heterocycles. The molecule has 4 heteroatoms. The molecule has 0 fully saturated rings. The van der Waals surface area contributed by atoms with Crippen LogP contribution in [0.3, 0.4) is 0 Å². The fourth-order valence-corrected chi connectivity index (χ4v) is 1.97. The van der Waals surface area contributed by atoms with E-state index in [4.69, 9.17) is 0 Å². The summed E-state index contributed by atoms with van der Waals surface area (Å²) in [6, 6.07) is 5.51. The van der Waals surface area contributed by atoms with Gasteiger partial charge in [0.15, 0.2) is 0 Å². The van der Waals surface area contributed by atoms with E-state index in [1.54, 1.807) is 6.07 Å². The number of nitrogens with zero attached hydrogens (tertiary/aromatic N) is 1. The molecule has 16 heavy (non-hydrogen) atoms. The number of aryl methyl sites for hydroxylation is 1. The van der Waals surface area contributed by atoms with Gasteiger partial charge in [-0.05, 0) is 24.6 Å². The van der Waals surface area contributed by atoms with E-state index in [9.17, 15) is 4.79 Å². The van der Waals surface area contributed by atoms with Crippen LogP contribution in [0.2, 0.25) is 0 Å². The van der Waals surface area contributed by atoms with Gasteiger partial charge in [0, 0.05) is 10.9 Å². The summed E-state index contributed by atoms with van der Waals surface area (Å²) >= 11 is 3.38. The summed E-state index contributed by atoms with van der Waals surface area (Å²) in [5.74, 6) is 0.775. The van der Waals surface area contributed by atoms with E-state index in [2.05, 4.69) is 32.8 Å². The van der Waals surface area contributed by atoms with Crippen LogP contribution in [0.1, 0.15) is 25.6 Å². The Morgan fingerprint density at radius 1 is 1.44 bits per heavy atom. The molecule has 0 saturated heterocycles. The lowest BCUT2D eigenvalue weighted by Gasteiger charge is -2.02. The number of hydrogen-bond donors (Lipinski definition) is 1. The van der Waals surface area contributed by atoms with Crippen molar-refractivity contribution >= 4 is 26.8 Å². The second-order valence-electron chi connectivity index (χ2n) is 3.78. The molecular formula is C12H13BrN2O. The molecule has 2 rings (SSSR count). The molecule has 0 saturated carbocycles. The lowest BCUT2D eigenvalue weighted by atomic mass is 10.2. The first-order valence-corrected chi connectivity index (χ1v) is 6.18. The molecule has 2 aromatic rings. The largest absolute Gasteiger partial charge is 0.310 e. The van der Waals surface area contributed by atoms with E-state index in [0.29, 0.717) is 5.39 Å². The van der Waals surface area contributed by atoms with Gasteiger partial charge < -0.3 is 4.98 Å². The Morgan fingerprint density at radius 3 is 3.00 bits per heavy atom. The molecule has 1 aromatic carbocycles. The van der Waals surface area contributed by atoms with E-state index in [-0.39, 0.29) is 5.56 Å². The van der Waals surface area contributed by atoms with Crippen molar-refractivity contribution < 1.29 is 0 Å². The van der Waals surface area contributed by atoms with Crippen LogP contribution < -0.4 is 5.56 Å². The van der Waals surface area contributed by atoms with Crippen molar-refractivity contribution in [3.63, 3.8) is 0 Å². The number of fused-ring (bicyclic) bond motifs is 1. The summed E-state index contributed by atoms with van der Waals surface area (Å²) in [4.78, 5) is 19.0. The maximum atomic E-state index is 11.8. The fourth-order valence-electron chi connectivity index (χ4n) is 1.62. The van der Waals surface area contributed by atoms with Crippen molar-refractivity contribution in [1.29, 1.82) is 0 Å². The summed E-state index contributed by atoms with van der Waals surface area (Å²) in [5, 5.41) is 0.642. The van der Waals surface area contributed by atoms with Gasteiger partial charge in [-0.3, -0.25) is 4.79 Å². The van der Waals surface area contributed by atoms with Gasteiger partial charge in [0.2, 0.25) is 0 Å². The number of halogens is 1. The zero-order valence-corrected chi connectivity index (χ0v) is 10.7. The number of rotatable bonds is 3. The summed E-state index contributed by atoms with van der Waals surface area (Å²) in [6.45, 7) is 2.12. The summed E-state index contributed by atoms with van der Waals surface area (Å²) < 4.78 is 0.944. The van der Waals surface area contributed by atoms with Crippen LogP contribution in [-0.2, 0) is 6.42 Å². The third-order valence-electron chi connectivity index (χ3n) is 2.48. The Morgan fingerprint density at radius 2 is 2.25 bits per heavy atom. The molecule has 0 bridgehead atoms. The number of aromatic nitrogens is 2. The first kappa shape index (κ1) is 11.3. The Kier molecular flexibility index (Phi) is 3.39. The van der Waals surface area contributed by atoms with Crippen molar-refractivity contribution in [1.82, 2.24) is 9.97 Å². The molecule has 1 heterocycles. The minimum absolute atomic E-state index is 0.0522. The number of aromatic amines is 1. The van der Waals surface area contributed by atoms with Crippen LogP contribution in [0.25, 0.3) is 10.9 Å². The normalized spacial score (nSPS) is 10.9. The van der Waals surface area contributed by atoms with E-state index >= 15 is 0 Å². The van der Waals surface area contributed by atoms with Gasteiger partial charge in [0.25, 0.3) is 5.56 Å². The average Bonchev–Trinajstić information content (AvgIpc) is 2.25. The predicted molar refractivity (Wildman–Crippen MR) is 68.7 cm³/mol. The second-order valence-corrected chi connectivity index (χ2v) is 4.69. The minimum atomic E-state index is -0.0522. The van der Waals surface area contributed by atoms with Crippen molar-refractivity contribution in [2.75, 3.05) is 0 Å². The number of benzene rings is 1. The molecule has 0 aliphatic rings. The second kappa shape index (κ2) is 4.78. The summed E-state index contributed by atoms with van der Waals surface area (Å²) in [6.07, 6.45) is 2.97. The van der Waals surface area contributed by atoms with E-state index in [0.717, 1.165) is 35.1 Å². The average molecular weight is 281 g/mol. The SMILES string of the molecule is CCCCc1nc2cc(Br)ccc2c(=O)[nH]1. The third-order valence-corrected chi connectivity index (χ3v) is 2.98. The molecule has 0 spiro atoms. The monoisotopic (exact) mass is 280 g/mol. The van der Waals surface area contributed by atoms with Gasteiger partial charge in [0.05, 0.1) is 10.9 Å². The van der Waals surface area contributed by atoms with E-state index < -0.39 is 0 Å². The Bertz CT molecular complexity index is 562. The standard InChI is InChI=1S/C12H13BrN2O/c1-2-3-4-11-14-10-7-8(13)5-6-9(10)12(16)15-11/h5-7H,2-4H2,1H3,(H,14,15,16). The summed E-state index contributed by atoms with van der Waals surface area (Å²) in [7, 11) is 0.